The van der Waals surface area contributed by atoms with Gasteiger partial charge in [0.25, 0.3) is 0 Å². The van der Waals surface area contributed by atoms with E-state index in [-0.39, 0.29) is 22.3 Å². The first-order valence-electron chi connectivity index (χ1n) is 5.79. The number of halogens is 2. The molecule has 1 aliphatic carbocycles. The van der Waals surface area contributed by atoms with Crippen molar-refractivity contribution in [1.29, 1.82) is 0 Å². The van der Waals surface area contributed by atoms with Gasteiger partial charge in [0.2, 0.25) is 5.91 Å². The molecule has 6 heteroatoms. The fourth-order valence-corrected chi connectivity index (χ4v) is 1.43. The summed E-state index contributed by atoms with van der Waals surface area (Å²) in [4.78, 5) is 15.0. The van der Waals surface area contributed by atoms with Gasteiger partial charge in [0, 0.05) is 6.07 Å². The summed E-state index contributed by atoms with van der Waals surface area (Å²) in [6, 6.07) is 1.16. The third-order valence-electron chi connectivity index (χ3n) is 2.60. The summed E-state index contributed by atoms with van der Waals surface area (Å²) in [7, 11) is 0. The summed E-state index contributed by atoms with van der Waals surface area (Å²) in [5.74, 6) is 0.0871. The highest BCUT2D eigenvalue weighted by atomic mass is 79.9. The van der Waals surface area contributed by atoms with E-state index in [1.54, 1.807) is 6.92 Å². The maximum atomic E-state index is 13.6. The van der Waals surface area contributed by atoms with Crippen LogP contribution in [-0.4, -0.2) is 22.3 Å². The van der Waals surface area contributed by atoms with Gasteiger partial charge in [-0.3, -0.25) is 4.79 Å². The quantitative estimate of drug-likeness (QED) is 0.850. The Bertz CT molecular complexity index is 450. The number of pyridine rings is 1. The van der Waals surface area contributed by atoms with Gasteiger partial charge >= 0.3 is 0 Å². The molecule has 1 aliphatic rings. The van der Waals surface area contributed by atoms with E-state index in [2.05, 4.69) is 26.2 Å². The first-order chi connectivity index (χ1) is 8.56. The predicted molar refractivity (Wildman–Crippen MR) is 69.4 cm³/mol. The van der Waals surface area contributed by atoms with Gasteiger partial charge in [-0.05, 0) is 25.7 Å². The zero-order chi connectivity index (χ0) is 13.1. The molecule has 18 heavy (non-hydrogen) atoms. The van der Waals surface area contributed by atoms with E-state index >= 15 is 0 Å². The number of aromatic nitrogens is 1. The van der Waals surface area contributed by atoms with Crippen molar-refractivity contribution < 1.29 is 13.9 Å². The average molecular weight is 317 g/mol. The molecular formula is C12H14BrFN2O2. The number of hydrogen-bond donors (Lipinski definition) is 1. The molecule has 1 amide bonds. The van der Waals surface area contributed by atoms with Crippen LogP contribution in [0, 0.1) is 11.7 Å². The number of carbonyl (C=O) groups excluding carboxylic acids is 1. The fraction of sp³-hybridized carbons (Fsp3) is 0.500. The van der Waals surface area contributed by atoms with Crippen LogP contribution >= 0.6 is 15.9 Å². The summed E-state index contributed by atoms with van der Waals surface area (Å²) < 4.78 is 19.0. The van der Waals surface area contributed by atoms with Gasteiger partial charge in [0.15, 0.2) is 11.6 Å². The maximum absolute atomic E-state index is 13.6. The molecule has 1 heterocycles. The Hall–Kier alpha value is -1.17. The molecule has 1 aromatic heterocycles. The Labute approximate surface area is 113 Å². The topological polar surface area (TPSA) is 51.2 Å². The second kappa shape index (κ2) is 5.65. The predicted octanol–water partition coefficient (Wildman–Crippen LogP) is 2.73. The summed E-state index contributed by atoms with van der Waals surface area (Å²) in [5, 5.41) is 2.49. The van der Waals surface area contributed by atoms with E-state index in [4.69, 9.17) is 4.74 Å². The normalized spacial score (nSPS) is 16.2. The average Bonchev–Trinajstić information content (AvgIpc) is 3.11. The first kappa shape index (κ1) is 13.3. The third kappa shape index (κ3) is 3.66. The van der Waals surface area contributed by atoms with Crippen LogP contribution < -0.4 is 10.1 Å². The van der Waals surface area contributed by atoms with Crippen molar-refractivity contribution in [2.24, 2.45) is 5.92 Å². The van der Waals surface area contributed by atoms with Crippen LogP contribution in [-0.2, 0) is 4.79 Å². The molecule has 1 N–H and O–H groups in total. The van der Waals surface area contributed by atoms with Gasteiger partial charge in [-0.15, -0.1) is 0 Å². The van der Waals surface area contributed by atoms with Crippen molar-refractivity contribution >= 4 is 27.7 Å². The Morgan fingerprint density at radius 2 is 2.44 bits per heavy atom. The number of nitrogens with one attached hydrogen (secondary N) is 1. The van der Waals surface area contributed by atoms with Gasteiger partial charge in [-0.1, -0.05) is 15.9 Å². The number of hydrogen-bond acceptors (Lipinski definition) is 3. The molecule has 0 spiro atoms. The van der Waals surface area contributed by atoms with Gasteiger partial charge in [0.05, 0.1) is 17.6 Å². The molecule has 2 rings (SSSR count). The van der Waals surface area contributed by atoms with E-state index in [9.17, 15) is 9.18 Å². The van der Waals surface area contributed by atoms with Crippen LogP contribution in [0.4, 0.5) is 10.2 Å². The molecule has 0 saturated heterocycles. The number of amides is 1. The van der Waals surface area contributed by atoms with Crippen LogP contribution in [0.25, 0.3) is 0 Å². The lowest BCUT2D eigenvalue weighted by Crippen LogP contribution is -2.20. The Morgan fingerprint density at radius 1 is 1.72 bits per heavy atom. The van der Waals surface area contributed by atoms with Gasteiger partial charge in [0.1, 0.15) is 5.82 Å². The van der Waals surface area contributed by atoms with Gasteiger partial charge in [-0.2, -0.15) is 0 Å². The molecule has 0 radical (unpaired) electrons. The van der Waals surface area contributed by atoms with Crippen molar-refractivity contribution in [1.82, 2.24) is 4.98 Å². The SMILES string of the molecule is CC(Br)C(=O)Nc1cc(F)c(OCC2CC2)cn1. The van der Waals surface area contributed by atoms with Crippen molar-refractivity contribution in [2.45, 2.75) is 24.6 Å². The van der Waals surface area contributed by atoms with E-state index in [0.29, 0.717) is 12.5 Å². The summed E-state index contributed by atoms with van der Waals surface area (Å²) >= 11 is 3.12. The van der Waals surface area contributed by atoms with E-state index in [1.807, 2.05) is 0 Å². The number of nitrogens with zero attached hydrogens (tertiary/aromatic N) is 1. The highest BCUT2D eigenvalue weighted by molar-refractivity contribution is 9.10. The summed E-state index contributed by atoms with van der Waals surface area (Å²) in [6.45, 7) is 2.21. The number of anilines is 1. The zero-order valence-electron chi connectivity index (χ0n) is 9.95. The molecule has 1 aromatic rings. The maximum Gasteiger partial charge on any atom is 0.239 e. The van der Waals surface area contributed by atoms with Crippen LogP contribution in [0.15, 0.2) is 12.3 Å². The molecule has 4 nitrogen and oxygen atoms in total. The highest BCUT2D eigenvalue weighted by Gasteiger charge is 2.22. The molecule has 0 bridgehead atoms. The molecule has 1 unspecified atom stereocenters. The monoisotopic (exact) mass is 316 g/mol. The lowest BCUT2D eigenvalue weighted by molar-refractivity contribution is -0.115. The molecule has 0 aromatic carbocycles. The Kier molecular flexibility index (Phi) is 4.16. The number of alkyl halides is 1. The molecular weight excluding hydrogens is 303 g/mol. The number of carbonyl (C=O) groups is 1. The Balaban J connectivity index is 1.97. The van der Waals surface area contributed by atoms with Crippen LogP contribution in [0.1, 0.15) is 19.8 Å². The van der Waals surface area contributed by atoms with Crippen molar-refractivity contribution in [3.05, 3.63) is 18.1 Å². The highest BCUT2D eigenvalue weighted by Crippen LogP contribution is 2.30. The minimum atomic E-state index is -0.511. The Morgan fingerprint density at radius 3 is 3.00 bits per heavy atom. The summed E-state index contributed by atoms with van der Waals surface area (Å²) in [5.41, 5.74) is 0. The molecule has 0 aliphatic heterocycles. The van der Waals surface area contributed by atoms with Crippen LogP contribution in [0.3, 0.4) is 0 Å². The smallest absolute Gasteiger partial charge is 0.239 e. The van der Waals surface area contributed by atoms with Crippen molar-refractivity contribution in [3.8, 4) is 5.75 Å². The molecule has 1 atom stereocenters. The summed E-state index contributed by atoms with van der Waals surface area (Å²) in [6.07, 6.45) is 3.59. The first-order valence-corrected chi connectivity index (χ1v) is 6.71. The second-order valence-corrected chi connectivity index (χ2v) is 5.73. The van der Waals surface area contributed by atoms with Crippen LogP contribution in [0.2, 0.25) is 0 Å². The molecule has 1 saturated carbocycles. The van der Waals surface area contributed by atoms with Gasteiger partial charge in [-0.25, -0.2) is 9.37 Å². The minimum Gasteiger partial charge on any atom is -0.489 e. The lowest BCUT2D eigenvalue weighted by Gasteiger charge is -2.09. The minimum absolute atomic E-state index is 0.131. The van der Waals surface area contributed by atoms with Gasteiger partial charge < -0.3 is 10.1 Å². The van der Waals surface area contributed by atoms with E-state index < -0.39 is 5.82 Å². The van der Waals surface area contributed by atoms with Crippen molar-refractivity contribution in [3.63, 3.8) is 0 Å². The fourth-order valence-electron chi connectivity index (χ4n) is 1.31. The molecule has 98 valence electrons. The number of ether oxygens (including phenoxy) is 1. The third-order valence-corrected chi connectivity index (χ3v) is 3.02. The largest absolute Gasteiger partial charge is 0.489 e. The lowest BCUT2D eigenvalue weighted by atomic mass is 10.4. The second-order valence-electron chi connectivity index (χ2n) is 4.36. The van der Waals surface area contributed by atoms with Crippen molar-refractivity contribution in [2.75, 3.05) is 11.9 Å². The van der Waals surface area contributed by atoms with Crippen LogP contribution in [0.5, 0.6) is 5.75 Å². The number of rotatable bonds is 5. The van der Waals surface area contributed by atoms with E-state index in [1.165, 1.54) is 6.20 Å². The zero-order valence-corrected chi connectivity index (χ0v) is 11.5. The van der Waals surface area contributed by atoms with E-state index in [0.717, 1.165) is 18.9 Å². The standard InChI is InChI=1S/C12H14BrFN2O2/c1-7(13)12(17)16-11-4-9(14)10(5-15-11)18-6-8-2-3-8/h4-5,7-8H,2-3,6H2,1H3,(H,15,16,17). The molecule has 1 fully saturated rings.